The van der Waals surface area contributed by atoms with Crippen LogP contribution in [0.4, 0.5) is 10.5 Å². The number of nitrogens with zero attached hydrogens (tertiary/aromatic N) is 2. The molecule has 1 saturated carbocycles. The molecule has 134 valence electrons. The van der Waals surface area contributed by atoms with Crippen LogP contribution in [0.15, 0.2) is 24.3 Å². The van der Waals surface area contributed by atoms with Crippen molar-refractivity contribution in [1.29, 1.82) is 5.26 Å². The molecule has 2 N–H and O–H groups in total. The van der Waals surface area contributed by atoms with Crippen LogP contribution in [-0.2, 0) is 14.3 Å². The van der Waals surface area contributed by atoms with Crippen LogP contribution in [0, 0.1) is 23.2 Å². The van der Waals surface area contributed by atoms with Gasteiger partial charge in [-0.2, -0.15) is 5.26 Å². The summed E-state index contributed by atoms with van der Waals surface area (Å²) in [6.45, 7) is 1.40. The number of nitrogens with one attached hydrogen (secondary N) is 2. The minimum atomic E-state index is -0.717. The summed E-state index contributed by atoms with van der Waals surface area (Å²) in [4.78, 5) is 37.8. The smallest absolute Gasteiger partial charge is 0.329 e. The molecule has 2 unspecified atom stereocenters. The van der Waals surface area contributed by atoms with Gasteiger partial charge in [0.15, 0.2) is 0 Å². The Hall–Kier alpha value is -2.92. The van der Waals surface area contributed by atoms with E-state index in [-0.39, 0.29) is 30.7 Å². The molecule has 1 aliphatic carbocycles. The van der Waals surface area contributed by atoms with Crippen LogP contribution >= 0.6 is 0 Å². The van der Waals surface area contributed by atoms with E-state index in [0.717, 1.165) is 4.90 Å². The number of imide groups is 1. The van der Waals surface area contributed by atoms with E-state index < -0.39 is 12.1 Å². The fraction of sp³-hybridized carbons (Fsp3) is 0.444. The lowest BCUT2D eigenvalue weighted by Crippen LogP contribution is -2.34. The van der Waals surface area contributed by atoms with Crippen molar-refractivity contribution in [2.24, 2.45) is 11.8 Å². The number of urea groups is 1. The normalized spacial score (nSPS) is 29.1. The van der Waals surface area contributed by atoms with Crippen LogP contribution in [0.1, 0.15) is 18.4 Å². The molecule has 4 amide bonds. The number of fused-ring (bicyclic) bond motifs is 1. The summed E-state index contributed by atoms with van der Waals surface area (Å²) in [5.74, 6) is 0.366. The Balaban J connectivity index is 1.32. The van der Waals surface area contributed by atoms with E-state index in [2.05, 4.69) is 10.6 Å². The van der Waals surface area contributed by atoms with Crippen molar-refractivity contribution < 1.29 is 19.1 Å². The number of carbonyl (C=O) groups is 3. The van der Waals surface area contributed by atoms with Crippen molar-refractivity contribution in [1.82, 2.24) is 10.6 Å². The van der Waals surface area contributed by atoms with Gasteiger partial charge in [0, 0.05) is 24.3 Å². The second kappa shape index (κ2) is 6.42. The predicted molar refractivity (Wildman–Crippen MR) is 89.9 cm³/mol. The first kappa shape index (κ1) is 16.5. The van der Waals surface area contributed by atoms with Crippen molar-refractivity contribution in [3.05, 3.63) is 29.8 Å². The quantitative estimate of drug-likeness (QED) is 0.749. The number of carbonyl (C=O) groups excluding carboxylic acids is 3. The molecule has 0 spiro atoms. The maximum atomic E-state index is 12.5. The fourth-order valence-corrected chi connectivity index (χ4v) is 3.64. The zero-order valence-corrected chi connectivity index (χ0v) is 14.0. The third-order valence-electron chi connectivity index (χ3n) is 5.21. The van der Waals surface area contributed by atoms with Crippen LogP contribution < -0.4 is 15.5 Å². The Morgan fingerprint density at radius 2 is 1.96 bits per heavy atom. The van der Waals surface area contributed by atoms with Gasteiger partial charge < -0.3 is 15.4 Å². The van der Waals surface area contributed by atoms with Crippen molar-refractivity contribution in [2.45, 2.75) is 24.9 Å². The highest BCUT2D eigenvalue weighted by molar-refractivity contribution is 6.21. The molecule has 8 nitrogen and oxygen atoms in total. The third kappa shape index (κ3) is 2.91. The topological polar surface area (TPSA) is 112 Å². The van der Waals surface area contributed by atoms with Gasteiger partial charge in [-0.25, -0.2) is 9.69 Å². The van der Waals surface area contributed by atoms with Crippen molar-refractivity contribution >= 4 is 23.5 Å². The lowest BCUT2D eigenvalue weighted by molar-refractivity contribution is -0.122. The fourth-order valence-electron chi connectivity index (χ4n) is 3.64. The molecular formula is C18H18N4O4. The van der Waals surface area contributed by atoms with Crippen molar-refractivity contribution in [3.63, 3.8) is 0 Å². The highest BCUT2D eigenvalue weighted by atomic mass is 16.5. The van der Waals surface area contributed by atoms with Crippen molar-refractivity contribution in [3.8, 4) is 6.07 Å². The van der Waals surface area contributed by atoms with Gasteiger partial charge in [-0.15, -0.1) is 0 Å². The third-order valence-corrected chi connectivity index (χ3v) is 5.21. The number of rotatable bonds is 5. The molecule has 0 aromatic heterocycles. The molecule has 26 heavy (non-hydrogen) atoms. The number of anilines is 1. The first-order chi connectivity index (χ1) is 12.6. The molecule has 2 saturated heterocycles. The van der Waals surface area contributed by atoms with Gasteiger partial charge in [-0.1, -0.05) is 0 Å². The van der Waals surface area contributed by atoms with Gasteiger partial charge in [-0.05, 0) is 30.7 Å². The summed E-state index contributed by atoms with van der Waals surface area (Å²) in [6.07, 6.45) is 0.427. The summed E-state index contributed by atoms with van der Waals surface area (Å²) >= 11 is 0. The van der Waals surface area contributed by atoms with E-state index in [1.54, 1.807) is 24.3 Å². The molecule has 0 radical (unpaired) electrons. The number of amides is 4. The Kier molecular flexibility index (Phi) is 4.09. The van der Waals surface area contributed by atoms with Gasteiger partial charge in [0.05, 0.1) is 30.5 Å². The summed E-state index contributed by atoms with van der Waals surface area (Å²) in [5, 5.41) is 14.4. The standard InChI is InChI=1S/C18H18N4O4/c19-7-10-1-3-11(4-2-10)22-17(24)14(20-18(22)25)5-6-15(23)21-16-12-8-26-9-13(12)16/h1-4,12-14,16H,5-6,8-9H2,(H,20,25)(H,21,23)/t12-,13+,14?,16?. The molecule has 3 aliphatic rings. The predicted octanol–water partition coefficient (Wildman–Crippen LogP) is 0.524. The molecule has 3 fully saturated rings. The van der Waals surface area contributed by atoms with E-state index in [9.17, 15) is 14.4 Å². The van der Waals surface area contributed by atoms with Gasteiger partial charge in [0.1, 0.15) is 6.04 Å². The van der Waals surface area contributed by atoms with Crippen LogP contribution in [0.3, 0.4) is 0 Å². The number of ether oxygens (including phenoxy) is 1. The lowest BCUT2D eigenvalue weighted by atomic mass is 10.1. The largest absolute Gasteiger partial charge is 0.381 e. The lowest BCUT2D eigenvalue weighted by Gasteiger charge is -2.13. The first-order valence-corrected chi connectivity index (χ1v) is 8.60. The zero-order chi connectivity index (χ0) is 18.3. The second-order valence-corrected chi connectivity index (χ2v) is 6.83. The number of nitriles is 1. The van der Waals surface area contributed by atoms with Crippen molar-refractivity contribution in [2.75, 3.05) is 18.1 Å². The SMILES string of the molecule is N#Cc1ccc(N2C(=O)NC(CCC(=O)NC3[C@H]4COC[C@@H]34)C2=O)cc1. The van der Waals surface area contributed by atoms with Gasteiger partial charge in [-0.3, -0.25) is 9.59 Å². The average molecular weight is 354 g/mol. The molecule has 4 rings (SSSR count). The van der Waals surface area contributed by atoms with E-state index in [1.165, 1.54) is 0 Å². The van der Waals surface area contributed by atoms with Crippen LogP contribution in [0.5, 0.6) is 0 Å². The highest BCUT2D eigenvalue weighted by Crippen LogP contribution is 2.44. The van der Waals surface area contributed by atoms with Gasteiger partial charge >= 0.3 is 6.03 Å². The van der Waals surface area contributed by atoms with E-state index in [1.807, 2.05) is 6.07 Å². The average Bonchev–Trinajstić information content (AvgIpc) is 2.97. The number of benzene rings is 1. The van der Waals surface area contributed by atoms with E-state index in [4.69, 9.17) is 10.00 Å². The van der Waals surface area contributed by atoms with E-state index in [0.29, 0.717) is 36.3 Å². The molecule has 8 heteroatoms. The summed E-state index contributed by atoms with van der Waals surface area (Å²) in [5.41, 5.74) is 0.855. The molecule has 1 aromatic rings. The Morgan fingerprint density at radius 3 is 2.62 bits per heavy atom. The van der Waals surface area contributed by atoms with Crippen LogP contribution in [0.25, 0.3) is 0 Å². The Bertz CT molecular complexity index is 790. The zero-order valence-electron chi connectivity index (χ0n) is 14.0. The van der Waals surface area contributed by atoms with Gasteiger partial charge in [0.2, 0.25) is 5.91 Å². The summed E-state index contributed by atoms with van der Waals surface area (Å²) < 4.78 is 5.29. The molecular weight excluding hydrogens is 336 g/mol. The Morgan fingerprint density at radius 1 is 1.27 bits per heavy atom. The summed E-state index contributed by atoms with van der Waals surface area (Å²) in [6, 6.07) is 7.16. The first-order valence-electron chi connectivity index (χ1n) is 8.60. The molecule has 2 aliphatic heterocycles. The van der Waals surface area contributed by atoms with Gasteiger partial charge in [0.25, 0.3) is 5.91 Å². The van der Waals surface area contributed by atoms with Crippen LogP contribution in [0.2, 0.25) is 0 Å². The monoisotopic (exact) mass is 354 g/mol. The number of hydrogen-bond acceptors (Lipinski definition) is 5. The molecule has 1 aromatic carbocycles. The Labute approximate surface area is 150 Å². The van der Waals surface area contributed by atoms with Crippen LogP contribution in [-0.4, -0.2) is 43.1 Å². The molecule has 2 heterocycles. The highest BCUT2D eigenvalue weighted by Gasteiger charge is 2.54. The summed E-state index contributed by atoms with van der Waals surface area (Å²) in [7, 11) is 0. The molecule has 0 bridgehead atoms. The molecule has 4 atom stereocenters. The maximum Gasteiger partial charge on any atom is 0.329 e. The van der Waals surface area contributed by atoms with E-state index >= 15 is 0 Å². The maximum absolute atomic E-state index is 12.5. The number of hydrogen-bond donors (Lipinski definition) is 2. The minimum Gasteiger partial charge on any atom is -0.381 e. The second-order valence-electron chi connectivity index (χ2n) is 6.83. The minimum absolute atomic E-state index is 0.108.